The van der Waals surface area contributed by atoms with E-state index in [4.69, 9.17) is 5.73 Å². The molecule has 2 rings (SSSR count). The standard InChI is InChI=1S/C18H29N3O3S/c1-13-7-8-16(12-17(13)18(22)20-10-9-14(2)19)25(23,24)21-11-5-4-6-15(21)3/h7-8,12,14-15H,4-6,9-11,19H2,1-3H3,(H,20,22). The average Bonchev–Trinajstić information content (AvgIpc) is 2.54. The van der Waals surface area contributed by atoms with Crippen molar-refractivity contribution in [1.29, 1.82) is 0 Å². The van der Waals surface area contributed by atoms with E-state index in [2.05, 4.69) is 5.32 Å². The number of benzene rings is 1. The molecule has 1 fully saturated rings. The van der Waals surface area contributed by atoms with E-state index >= 15 is 0 Å². The first-order valence-electron chi connectivity index (χ1n) is 8.89. The fraction of sp³-hybridized carbons (Fsp3) is 0.611. The molecule has 1 aromatic carbocycles. The minimum absolute atomic E-state index is 0.00805. The summed E-state index contributed by atoms with van der Waals surface area (Å²) in [4.78, 5) is 12.6. The Labute approximate surface area is 150 Å². The van der Waals surface area contributed by atoms with Crippen molar-refractivity contribution < 1.29 is 13.2 Å². The molecule has 1 aliphatic heterocycles. The van der Waals surface area contributed by atoms with Crippen molar-refractivity contribution in [2.24, 2.45) is 5.73 Å². The molecule has 1 heterocycles. The van der Waals surface area contributed by atoms with E-state index in [1.54, 1.807) is 23.4 Å². The number of piperidine rings is 1. The largest absolute Gasteiger partial charge is 0.352 e. The molecule has 0 spiro atoms. The van der Waals surface area contributed by atoms with Gasteiger partial charge in [-0.1, -0.05) is 12.5 Å². The maximum atomic E-state index is 13.0. The van der Waals surface area contributed by atoms with Gasteiger partial charge in [0, 0.05) is 30.7 Å². The molecule has 1 aliphatic rings. The van der Waals surface area contributed by atoms with Gasteiger partial charge in [-0.25, -0.2) is 8.42 Å². The number of amides is 1. The van der Waals surface area contributed by atoms with Crippen LogP contribution >= 0.6 is 0 Å². The van der Waals surface area contributed by atoms with Crippen LogP contribution in [0.15, 0.2) is 23.1 Å². The molecule has 1 amide bonds. The number of carbonyl (C=O) groups is 1. The van der Waals surface area contributed by atoms with Crippen LogP contribution in [-0.2, 0) is 10.0 Å². The van der Waals surface area contributed by atoms with E-state index in [0.29, 0.717) is 25.1 Å². The summed E-state index contributed by atoms with van der Waals surface area (Å²) in [6, 6.07) is 4.77. The predicted octanol–water partition coefficient (Wildman–Crippen LogP) is 2.03. The van der Waals surface area contributed by atoms with Gasteiger partial charge >= 0.3 is 0 Å². The van der Waals surface area contributed by atoms with Crippen molar-refractivity contribution >= 4 is 15.9 Å². The van der Waals surface area contributed by atoms with E-state index < -0.39 is 10.0 Å². The monoisotopic (exact) mass is 367 g/mol. The Kier molecular flexibility index (Phi) is 6.59. The van der Waals surface area contributed by atoms with Crippen LogP contribution in [0.2, 0.25) is 0 Å². The highest BCUT2D eigenvalue weighted by atomic mass is 32.2. The first-order valence-corrected chi connectivity index (χ1v) is 10.3. The van der Waals surface area contributed by atoms with Crippen molar-refractivity contribution in [3.63, 3.8) is 0 Å². The predicted molar refractivity (Wildman–Crippen MR) is 99.0 cm³/mol. The Bertz CT molecular complexity index is 716. The molecule has 0 aromatic heterocycles. The minimum atomic E-state index is -3.58. The zero-order valence-corrected chi connectivity index (χ0v) is 16.1. The molecule has 0 saturated carbocycles. The van der Waals surface area contributed by atoms with Crippen LogP contribution in [0.4, 0.5) is 0 Å². The molecule has 25 heavy (non-hydrogen) atoms. The lowest BCUT2D eigenvalue weighted by Gasteiger charge is -2.32. The normalized spacial score (nSPS) is 20.2. The van der Waals surface area contributed by atoms with Crippen molar-refractivity contribution in [3.8, 4) is 0 Å². The van der Waals surface area contributed by atoms with Crippen LogP contribution in [0.5, 0.6) is 0 Å². The molecule has 140 valence electrons. The number of nitrogens with zero attached hydrogens (tertiary/aromatic N) is 1. The van der Waals surface area contributed by atoms with E-state index in [-0.39, 0.29) is 22.9 Å². The molecule has 6 nitrogen and oxygen atoms in total. The highest BCUT2D eigenvalue weighted by molar-refractivity contribution is 7.89. The molecular formula is C18H29N3O3S. The lowest BCUT2D eigenvalue weighted by Crippen LogP contribution is -2.42. The molecule has 2 atom stereocenters. The molecule has 0 radical (unpaired) electrons. The maximum absolute atomic E-state index is 13.0. The number of hydrogen-bond acceptors (Lipinski definition) is 4. The van der Waals surface area contributed by atoms with Gasteiger partial charge in [0.1, 0.15) is 0 Å². The first kappa shape index (κ1) is 19.9. The second kappa shape index (κ2) is 8.29. The van der Waals surface area contributed by atoms with Crippen LogP contribution < -0.4 is 11.1 Å². The van der Waals surface area contributed by atoms with Crippen LogP contribution in [0.25, 0.3) is 0 Å². The summed E-state index contributed by atoms with van der Waals surface area (Å²) >= 11 is 0. The number of rotatable bonds is 6. The van der Waals surface area contributed by atoms with Crippen LogP contribution in [-0.4, -0.2) is 43.8 Å². The molecule has 0 aliphatic carbocycles. The van der Waals surface area contributed by atoms with Crippen LogP contribution in [0.1, 0.15) is 55.5 Å². The average molecular weight is 368 g/mol. The second-order valence-electron chi connectivity index (χ2n) is 6.96. The summed E-state index contributed by atoms with van der Waals surface area (Å²) in [6.45, 7) is 6.63. The van der Waals surface area contributed by atoms with E-state index in [1.165, 1.54) is 6.07 Å². The Balaban J connectivity index is 2.24. The summed E-state index contributed by atoms with van der Waals surface area (Å²) < 4.78 is 27.5. The third-order valence-electron chi connectivity index (χ3n) is 4.69. The van der Waals surface area contributed by atoms with Gasteiger partial charge in [-0.3, -0.25) is 4.79 Å². The van der Waals surface area contributed by atoms with Gasteiger partial charge in [0.15, 0.2) is 0 Å². The highest BCUT2D eigenvalue weighted by Gasteiger charge is 2.31. The molecule has 7 heteroatoms. The maximum Gasteiger partial charge on any atom is 0.251 e. The van der Waals surface area contributed by atoms with E-state index in [1.807, 2.05) is 13.8 Å². The minimum Gasteiger partial charge on any atom is -0.352 e. The molecule has 1 saturated heterocycles. The second-order valence-corrected chi connectivity index (χ2v) is 8.85. The van der Waals surface area contributed by atoms with Crippen LogP contribution in [0.3, 0.4) is 0 Å². The first-order chi connectivity index (χ1) is 11.7. The fourth-order valence-corrected chi connectivity index (χ4v) is 4.81. The molecule has 1 aromatic rings. The van der Waals surface area contributed by atoms with Gasteiger partial charge in [0.05, 0.1) is 4.90 Å². The SMILES string of the molecule is Cc1ccc(S(=O)(=O)N2CCCCC2C)cc1C(=O)NCCC(C)N. The summed E-state index contributed by atoms with van der Waals surface area (Å²) in [5.41, 5.74) is 6.84. The van der Waals surface area contributed by atoms with Gasteiger partial charge in [-0.15, -0.1) is 0 Å². The molecular weight excluding hydrogens is 338 g/mol. The lowest BCUT2D eigenvalue weighted by atomic mass is 10.1. The van der Waals surface area contributed by atoms with Crippen molar-refractivity contribution in [3.05, 3.63) is 29.3 Å². The Morgan fingerprint density at radius 1 is 1.40 bits per heavy atom. The summed E-state index contributed by atoms with van der Waals surface area (Å²) in [5, 5.41) is 2.81. The Morgan fingerprint density at radius 2 is 2.12 bits per heavy atom. The smallest absolute Gasteiger partial charge is 0.251 e. The number of hydrogen-bond donors (Lipinski definition) is 2. The topological polar surface area (TPSA) is 92.5 Å². The third-order valence-corrected chi connectivity index (χ3v) is 6.70. The lowest BCUT2D eigenvalue weighted by molar-refractivity contribution is 0.0952. The van der Waals surface area contributed by atoms with Gasteiger partial charge in [-0.2, -0.15) is 4.31 Å². The van der Waals surface area contributed by atoms with Crippen molar-refractivity contribution in [2.75, 3.05) is 13.1 Å². The Hall–Kier alpha value is -1.44. The zero-order valence-electron chi connectivity index (χ0n) is 15.3. The molecule has 3 N–H and O–H groups in total. The van der Waals surface area contributed by atoms with Gasteiger partial charge in [0.25, 0.3) is 5.91 Å². The summed E-state index contributed by atoms with van der Waals surface area (Å²) in [7, 11) is -3.58. The summed E-state index contributed by atoms with van der Waals surface area (Å²) in [5.74, 6) is -0.262. The van der Waals surface area contributed by atoms with Crippen LogP contribution in [0, 0.1) is 6.92 Å². The number of carbonyl (C=O) groups excluding carboxylic acids is 1. The molecule has 0 bridgehead atoms. The number of nitrogens with one attached hydrogen (secondary N) is 1. The third kappa shape index (κ3) is 4.80. The van der Waals surface area contributed by atoms with E-state index in [0.717, 1.165) is 24.8 Å². The van der Waals surface area contributed by atoms with Gasteiger partial charge in [-0.05, 0) is 57.7 Å². The number of sulfonamides is 1. The van der Waals surface area contributed by atoms with Gasteiger partial charge < -0.3 is 11.1 Å². The number of nitrogens with two attached hydrogens (primary N) is 1. The highest BCUT2D eigenvalue weighted by Crippen LogP contribution is 2.26. The van der Waals surface area contributed by atoms with Crippen molar-refractivity contribution in [2.45, 2.75) is 63.4 Å². The fourth-order valence-electron chi connectivity index (χ4n) is 3.08. The molecule has 2 unspecified atom stereocenters. The quantitative estimate of drug-likeness (QED) is 0.804. The zero-order chi connectivity index (χ0) is 18.6. The summed E-state index contributed by atoms with van der Waals surface area (Å²) in [6.07, 6.45) is 3.47. The van der Waals surface area contributed by atoms with Gasteiger partial charge in [0.2, 0.25) is 10.0 Å². The van der Waals surface area contributed by atoms with E-state index in [9.17, 15) is 13.2 Å². The number of aryl methyl sites for hydroxylation is 1. The van der Waals surface area contributed by atoms with Crippen molar-refractivity contribution in [1.82, 2.24) is 9.62 Å². The Morgan fingerprint density at radius 3 is 2.76 bits per heavy atom.